The molecule has 1 atom stereocenters. The minimum atomic E-state index is -0.146. The van der Waals surface area contributed by atoms with Gasteiger partial charge >= 0.3 is 0 Å². The lowest BCUT2D eigenvalue weighted by Gasteiger charge is -2.37. The summed E-state index contributed by atoms with van der Waals surface area (Å²) in [6, 6.07) is 9.73. The number of amides is 3. The Hall–Kier alpha value is -2.74. The molecule has 1 N–H and O–H groups in total. The predicted octanol–water partition coefficient (Wildman–Crippen LogP) is 3.11. The molecule has 0 radical (unpaired) electrons. The van der Waals surface area contributed by atoms with Crippen molar-refractivity contribution < 1.29 is 14.4 Å². The van der Waals surface area contributed by atoms with Crippen molar-refractivity contribution in [3.05, 3.63) is 47.0 Å². The number of thiazole rings is 1. The number of rotatable bonds is 5. The van der Waals surface area contributed by atoms with E-state index in [2.05, 4.69) is 10.3 Å². The second-order valence-corrected chi connectivity index (χ2v) is 9.58. The van der Waals surface area contributed by atoms with Gasteiger partial charge in [0.05, 0.1) is 18.0 Å². The van der Waals surface area contributed by atoms with Crippen LogP contribution in [0.1, 0.15) is 36.9 Å². The van der Waals surface area contributed by atoms with E-state index in [4.69, 9.17) is 0 Å². The fourth-order valence-corrected chi connectivity index (χ4v) is 5.22. The van der Waals surface area contributed by atoms with Crippen LogP contribution >= 0.6 is 11.3 Å². The highest BCUT2D eigenvalue weighted by Crippen LogP contribution is 2.25. The van der Waals surface area contributed by atoms with E-state index < -0.39 is 0 Å². The van der Waals surface area contributed by atoms with Gasteiger partial charge in [0.1, 0.15) is 0 Å². The summed E-state index contributed by atoms with van der Waals surface area (Å²) in [7, 11) is 0. The molecule has 3 amide bonds. The van der Waals surface area contributed by atoms with Gasteiger partial charge in [-0.25, -0.2) is 4.98 Å². The first-order chi connectivity index (χ1) is 15.5. The van der Waals surface area contributed by atoms with E-state index in [1.165, 1.54) is 11.3 Å². The standard InChI is InChI=1S/C24H30N4O3S/c1-17-16-32-24(25-17)26-22(30)19-9-12-27(13-10-19)23(31)20-8-5-11-28(15-20)21(29)14-18-6-3-2-4-7-18/h2-4,6-7,16,19-20H,5,8-15H2,1H3,(H,25,26,30). The molecule has 2 aliphatic rings. The number of hydrogen-bond acceptors (Lipinski definition) is 5. The number of hydrogen-bond donors (Lipinski definition) is 1. The van der Waals surface area contributed by atoms with Gasteiger partial charge in [-0.3, -0.25) is 14.4 Å². The van der Waals surface area contributed by atoms with E-state index >= 15 is 0 Å². The molecule has 1 aromatic heterocycles. The number of carbonyl (C=O) groups excluding carboxylic acids is 3. The van der Waals surface area contributed by atoms with E-state index in [1.807, 2.05) is 52.4 Å². The third-order valence-corrected chi connectivity index (χ3v) is 7.22. The normalized spacial score (nSPS) is 19.6. The lowest BCUT2D eigenvalue weighted by Crippen LogP contribution is -2.49. The van der Waals surface area contributed by atoms with Crippen molar-refractivity contribution in [3.8, 4) is 0 Å². The van der Waals surface area contributed by atoms with Crippen molar-refractivity contribution in [1.29, 1.82) is 0 Å². The largest absolute Gasteiger partial charge is 0.342 e. The van der Waals surface area contributed by atoms with Gasteiger partial charge in [-0.2, -0.15) is 0 Å². The molecular formula is C24H30N4O3S. The van der Waals surface area contributed by atoms with Gasteiger partial charge in [0, 0.05) is 37.5 Å². The van der Waals surface area contributed by atoms with Crippen LogP contribution in [0, 0.1) is 18.8 Å². The van der Waals surface area contributed by atoms with Crippen molar-refractivity contribution in [2.75, 3.05) is 31.5 Å². The molecule has 2 aromatic rings. The molecule has 170 valence electrons. The quantitative estimate of drug-likeness (QED) is 0.753. The molecule has 8 heteroatoms. The highest BCUT2D eigenvalue weighted by Gasteiger charge is 2.34. The number of nitrogens with one attached hydrogen (secondary N) is 1. The molecule has 1 unspecified atom stereocenters. The predicted molar refractivity (Wildman–Crippen MR) is 124 cm³/mol. The Morgan fingerprint density at radius 3 is 2.47 bits per heavy atom. The number of nitrogens with zero attached hydrogens (tertiary/aromatic N) is 3. The van der Waals surface area contributed by atoms with Gasteiger partial charge in [-0.1, -0.05) is 30.3 Å². The molecule has 32 heavy (non-hydrogen) atoms. The third-order valence-electron chi connectivity index (χ3n) is 6.35. The topological polar surface area (TPSA) is 82.6 Å². The summed E-state index contributed by atoms with van der Waals surface area (Å²) in [6.07, 6.45) is 3.36. The number of piperidine rings is 2. The van der Waals surface area contributed by atoms with Crippen molar-refractivity contribution in [3.63, 3.8) is 0 Å². The van der Waals surface area contributed by atoms with Crippen LogP contribution in [0.2, 0.25) is 0 Å². The van der Waals surface area contributed by atoms with E-state index in [0.29, 0.717) is 50.6 Å². The monoisotopic (exact) mass is 454 g/mol. The SMILES string of the molecule is Cc1csc(NC(=O)C2CCN(C(=O)C3CCCN(C(=O)Cc4ccccc4)C3)CC2)n1. The molecule has 0 aliphatic carbocycles. The van der Waals surface area contributed by atoms with E-state index in [0.717, 1.165) is 24.1 Å². The summed E-state index contributed by atoms with van der Waals surface area (Å²) < 4.78 is 0. The Kier molecular flexibility index (Phi) is 7.19. The molecule has 1 aromatic carbocycles. The fourth-order valence-electron chi connectivity index (χ4n) is 4.53. The Morgan fingerprint density at radius 1 is 1.03 bits per heavy atom. The Bertz CT molecular complexity index is 953. The molecule has 3 heterocycles. The Morgan fingerprint density at radius 2 is 1.78 bits per heavy atom. The molecule has 7 nitrogen and oxygen atoms in total. The first-order valence-corrected chi connectivity index (χ1v) is 12.2. The van der Waals surface area contributed by atoms with Crippen molar-refractivity contribution in [2.45, 2.75) is 39.0 Å². The summed E-state index contributed by atoms with van der Waals surface area (Å²) in [4.78, 5) is 46.4. The van der Waals surface area contributed by atoms with E-state index in [1.54, 1.807) is 0 Å². The fraction of sp³-hybridized carbons (Fsp3) is 0.500. The number of benzene rings is 1. The van der Waals surface area contributed by atoms with Gasteiger partial charge in [-0.05, 0) is 38.2 Å². The summed E-state index contributed by atoms with van der Waals surface area (Å²) in [5.74, 6) is -0.0503. The zero-order valence-electron chi connectivity index (χ0n) is 18.5. The molecule has 2 saturated heterocycles. The van der Waals surface area contributed by atoms with Crippen molar-refractivity contribution in [2.24, 2.45) is 11.8 Å². The van der Waals surface area contributed by atoms with Crippen LogP contribution in [0.3, 0.4) is 0 Å². The average Bonchev–Trinajstić information content (AvgIpc) is 3.23. The van der Waals surface area contributed by atoms with Crippen LogP contribution in [0.4, 0.5) is 5.13 Å². The maximum atomic E-state index is 13.1. The summed E-state index contributed by atoms with van der Waals surface area (Å²) in [5, 5.41) is 5.44. The third kappa shape index (κ3) is 5.54. The molecule has 0 bridgehead atoms. The number of carbonyl (C=O) groups is 3. The molecule has 4 rings (SSSR count). The minimum absolute atomic E-state index is 0.0122. The highest BCUT2D eigenvalue weighted by atomic mass is 32.1. The van der Waals surface area contributed by atoms with Crippen LogP contribution in [0.5, 0.6) is 0 Å². The Labute approximate surface area is 192 Å². The second-order valence-electron chi connectivity index (χ2n) is 8.72. The van der Waals surface area contributed by atoms with E-state index in [9.17, 15) is 14.4 Å². The summed E-state index contributed by atoms with van der Waals surface area (Å²) in [5.41, 5.74) is 1.90. The van der Waals surface area contributed by atoms with Crippen LogP contribution < -0.4 is 5.32 Å². The Balaban J connectivity index is 1.26. The first kappa shape index (κ1) is 22.5. The highest BCUT2D eigenvalue weighted by molar-refractivity contribution is 7.13. The lowest BCUT2D eigenvalue weighted by molar-refractivity contribution is -0.142. The number of aryl methyl sites for hydroxylation is 1. The first-order valence-electron chi connectivity index (χ1n) is 11.3. The zero-order valence-corrected chi connectivity index (χ0v) is 19.3. The molecule has 2 aliphatic heterocycles. The van der Waals surface area contributed by atoms with Crippen molar-refractivity contribution in [1.82, 2.24) is 14.8 Å². The summed E-state index contributed by atoms with van der Waals surface area (Å²) in [6.45, 7) is 4.28. The van der Waals surface area contributed by atoms with Gasteiger partial charge in [0.2, 0.25) is 17.7 Å². The van der Waals surface area contributed by atoms with Gasteiger partial charge in [0.15, 0.2) is 5.13 Å². The van der Waals surface area contributed by atoms with Crippen LogP contribution in [0.15, 0.2) is 35.7 Å². The molecular weight excluding hydrogens is 424 g/mol. The van der Waals surface area contributed by atoms with Crippen LogP contribution in [-0.4, -0.2) is 58.7 Å². The van der Waals surface area contributed by atoms with Gasteiger partial charge < -0.3 is 15.1 Å². The molecule has 0 spiro atoms. The second kappa shape index (κ2) is 10.3. The van der Waals surface area contributed by atoms with E-state index in [-0.39, 0.29) is 29.6 Å². The summed E-state index contributed by atoms with van der Waals surface area (Å²) >= 11 is 1.43. The zero-order chi connectivity index (χ0) is 22.5. The smallest absolute Gasteiger partial charge is 0.229 e. The lowest BCUT2D eigenvalue weighted by atomic mass is 9.92. The average molecular weight is 455 g/mol. The minimum Gasteiger partial charge on any atom is -0.342 e. The van der Waals surface area contributed by atoms with Gasteiger partial charge in [-0.15, -0.1) is 11.3 Å². The molecule has 0 saturated carbocycles. The maximum absolute atomic E-state index is 13.1. The van der Waals surface area contributed by atoms with Crippen LogP contribution in [-0.2, 0) is 20.8 Å². The number of likely N-dealkylation sites (tertiary alicyclic amines) is 2. The molecule has 2 fully saturated rings. The number of aromatic nitrogens is 1. The maximum Gasteiger partial charge on any atom is 0.229 e. The van der Waals surface area contributed by atoms with Crippen molar-refractivity contribution >= 4 is 34.2 Å². The van der Waals surface area contributed by atoms with Gasteiger partial charge in [0.25, 0.3) is 0 Å². The van der Waals surface area contributed by atoms with Crippen LogP contribution in [0.25, 0.3) is 0 Å². The number of anilines is 1.